The molecule has 0 spiro atoms. The summed E-state index contributed by atoms with van der Waals surface area (Å²) in [6.45, 7) is 6.32. The van der Waals surface area contributed by atoms with Crippen LogP contribution in [0.3, 0.4) is 0 Å². The smallest absolute Gasteiger partial charge is 0.129 e. The van der Waals surface area contributed by atoms with Crippen molar-refractivity contribution in [3.8, 4) is 11.1 Å². The van der Waals surface area contributed by atoms with Gasteiger partial charge in [0.2, 0.25) is 0 Å². The molecule has 102 valence electrons. The van der Waals surface area contributed by atoms with Gasteiger partial charge >= 0.3 is 0 Å². The van der Waals surface area contributed by atoms with Gasteiger partial charge in [-0.3, -0.25) is 4.68 Å². The van der Waals surface area contributed by atoms with Gasteiger partial charge in [0.15, 0.2) is 0 Å². The molecular formula is C14H17Cl2N3. The molecule has 1 heterocycles. The van der Waals surface area contributed by atoms with Crippen LogP contribution in [0.4, 0.5) is 5.82 Å². The topological polar surface area (TPSA) is 43.8 Å². The molecule has 0 bridgehead atoms. The zero-order valence-corrected chi connectivity index (χ0v) is 13.0. The van der Waals surface area contributed by atoms with Crippen LogP contribution >= 0.6 is 23.2 Å². The summed E-state index contributed by atoms with van der Waals surface area (Å²) in [7, 11) is 1.84. The average molecular weight is 298 g/mol. The van der Waals surface area contributed by atoms with E-state index in [2.05, 4.69) is 25.9 Å². The highest BCUT2D eigenvalue weighted by Crippen LogP contribution is 2.38. The number of hydrogen-bond acceptors (Lipinski definition) is 2. The van der Waals surface area contributed by atoms with Crippen LogP contribution < -0.4 is 5.73 Å². The first-order valence-corrected chi connectivity index (χ1v) is 6.76. The van der Waals surface area contributed by atoms with E-state index in [4.69, 9.17) is 28.9 Å². The molecule has 19 heavy (non-hydrogen) atoms. The summed E-state index contributed by atoms with van der Waals surface area (Å²) in [5.74, 6) is 0.628. The Morgan fingerprint density at radius 2 is 1.79 bits per heavy atom. The van der Waals surface area contributed by atoms with E-state index in [0.717, 1.165) is 16.8 Å². The minimum atomic E-state index is -0.100. The minimum absolute atomic E-state index is 0.100. The number of anilines is 1. The van der Waals surface area contributed by atoms with Crippen LogP contribution in [0.15, 0.2) is 18.2 Å². The fraction of sp³-hybridized carbons (Fsp3) is 0.357. The molecule has 5 heteroatoms. The lowest BCUT2D eigenvalue weighted by molar-refractivity contribution is 0.555. The number of halogens is 2. The fourth-order valence-electron chi connectivity index (χ4n) is 2.00. The third-order valence-electron chi connectivity index (χ3n) is 3.01. The maximum absolute atomic E-state index is 6.14. The second-order valence-electron chi connectivity index (χ2n) is 5.61. The first-order chi connectivity index (χ1) is 8.71. The summed E-state index contributed by atoms with van der Waals surface area (Å²) in [5, 5.41) is 5.57. The van der Waals surface area contributed by atoms with Gasteiger partial charge in [-0.25, -0.2) is 0 Å². The molecule has 0 aliphatic rings. The standard InChI is InChI=1S/C14H17Cl2N3/c1-14(2,3)12-11(13(17)19(4)18-12)8-5-6-9(15)10(16)7-8/h5-7H,17H2,1-4H3. The molecule has 0 saturated heterocycles. The molecular weight excluding hydrogens is 281 g/mol. The number of aromatic nitrogens is 2. The van der Waals surface area contributed by atoms with Crippen molar-refractivity contribution in [2.24, 2.45) is 7.05 Å². The third-order valence-corrected chi connectivity index (χ3v) is 3.75. The summed E-state index contributed by atoms with van der Waals surface area (Å²) in [4.78, 5) is 0. The second-order valence-corrected chi connectivity index (χ2v) is 6.43. The zero-order chi connectivity index (χ0) is 14.4. The van der Waals surface area contributed by atoms with Crippen LogP contribution in [0.2, 0.25) is 10.0 Å². The number of benzene rings is 1. The summed E-state index contributed by atoms with van der Waals surface area (Å²) in [6.07, 6.45) is 0. The molecule has 0 saturated carbocycles. The van der Waals surface area contributed by atoms with Crippen molar-refractivity contribution in [1.82, 2.24) is 9.78 Å². The lowest BCUT2D eigenvalue weighted by Gasteiger charge is -2.17. The van der Waals surface area contributed by atoms with E-state index in [-0.39, 0.29) is 5.41 Å². The minimum Gasteiger partial charge on any atom is -0.383 e. The van der Waals surface area contributed by atoms with Crippen LogP contribution in [0, 0.1) is 0 Å². The van der Waals surface area contributed by atoms with Crippen molar-refractivity contribution >= 4 is 29.0 Å². The number of nitrogens with zero attached hydrogens (tertiary/aromatic N) is 2. The number of nitrogen functional groups attached to an aromatic ring is 1. The number of hydrogen-bond donors (Lipinski definition) is 1. The van der Waals surface area contributed by atoms with Gasteiger partial charge in [-0.15, -0.1) is 0 Å². The zero-order valence-electron chi connectivity index (χ0n) is 11.5. The van der Waals surface area contributed by atoms with Crippen LogP contribution in [-0.2, 0) is 12.5 Å². The maximum atomic E-state index is 6.14. The quantitative estimate of drug-likeness (QED) is 0.854. The van der Waals surface area contributed by atoms with Crippen LogP contribution in [0.5, 0.6) is 0 Å². The van der Waals surface area contributed by atoms with Crippen molar-refractivity contribution in [2.45, 2.75) is 26.2 Å². The van der Waals surface area contributed by atoms with Gasteiger partial charge in [0.1, 0.15) is 5.82 Å². The molecule has 0 radical (unpaired) electrons. The first kappa shape index (κ1) is 14.2. The van der Waals surface area contributed by atoms with Crippen LogP contribution in [0.25, 0.3) is 11.1 Å². The molecule has 2 aromatic rings. The van der Waals surface area contributed by atoms with Crippen molar-refractivity contribution in [3.63, 3.8) is 0 Å². The summed E-state index contributed by atoms with van der Waals surface area (Å²) in [5.41, 5.74) is 8.85. The third kappa shape index (κ3) is 2.58. The van der Waals surface area contributed by atoms with Crippen molar-refractivity contribution in [2.75, 3.05) is 5.73 Å². The highest BCUT2D eigenvalue weighted by molar-refractivity contribution is 6.42. The SMILES string of the molecule is Cn1nc(C(C)(C)C)c(-c2ccc(Cl)c(Cl)c2)c1N. The lowest BCUT2D eigenvalue weighted by Crippen LogP contribution is -2.13. The van der Waals surface area contributed by atoms with Crippen LogP contribution in [-0.4, -0.2) is 9.78 Å². The van der Waals surface area contributed by atoms with Gasteiger partial charge in [-0.2, -0.15) is 5.10 Å². The molecule has 2 N–H and O–H groups in total. The molecule has 2 rings (SSSR count). The fourth-order valence-corrected chi connectivity index (χ4v) is 2.30. The average Bonchev–Trinajstić information content (AvgIpc) is 2.60. The Kier molecular flexibility index (Phi) is 3.54. The monoisotopic (exact) mass is 297 g/mol. The highest BCUT2D eigenvalue weighted by Gasteiger charge is 2.26. The highest BCUT2D eigenvalue weighted by atomic mass is 35.5. The van der Waals surface area contributed by atoms with E-state index >= 15 is 0 Å². The Morgan fingerprint density at radius 1 is 1.16 bits per heavy atom. The van der Waals surface area contributed by atoms with Crippen molar-refractivity contribution < 1.29 is 0 Å². The van der Waals surface area contributed by atoms with E-state index in [1.165, 1.54) is 0 Å². The van der Waals surface area contributed by atoms with Gasteiger partial charge in [-0.05, 0) is 17.7 Å². The molecule has 0 atom stereocenters. The molecule has 1 aromatic carbocycles. The summed E-state index contributed by atoms with van der Waals surface area (Å²) in [6, 6.07) is 5.52. The van der Waals surface area contributed by atoms with E-state index in [0.29, 0.717) is 15.9 Å². The normalized spacial score (nSPS) is 11.9. The van der Waals surface area contributed by atoms with Crippen LogP contribution in [0.1, 0.15) is 26.5 Å². The Morgan fingerprint density at radius 3 is 2.32 bits per heavy atom. The Hall–Kier alpha value is -1.19. The molecule has 0 fully saturated rings. The summed E-state index contributed by atoms with van der Waals surface area (Å²) >= 11 is 12.0. The van der Waals surface area contributed by atoms with Gasteiger partial charge < -0.3 is 5.73 Å². The van der Waals surface area contributed by atoms with E-state index < -0.39 is 0 Å². The van der Waals surface area contributed by atoms with Crippen molar-refractivity contribution in [1.29, 1.82) is 0 Å². The second kappa shape index (κ2) is 4.73. The number of rotatable bonds is 1. The predicted octanol–water partition coefficient (Wildman–Crippen LogP) is 4.27. The number of aryl methyl sites for hydroxylation is 1. The predicted molar refractivity (Wildman–Crippen MR) is 81.8 cm³/mol. The Balaban J connectivity index is 2.70. The molecule has 0 amide bonds. The molecule has 0 aliphatic heterocycles. The van der Waals surface area contributed by atoms with Gasteiger partial charge in [0, 0.05) is 18.0 Å². The maximum Gasteiger partial charge on any atom is 0.129 e. The molecule has 1 aromatic heterocycles. The van der Waals surface area contributed by atoms with Gasteiger partial charge in [0.25, 0.3) is 0 Å². The Bertz CT molecular complexity index is 624. The van der Waals surface area contributed by atoms with Gasteiger partial charge in [0.05, 0.1) is 15.7 Å². The largest absolute Gasteiger partial charge is 0.383 e. The van der Waals surface area contributed by atoms with Gasteiger partial charge in [-0.1, -0.05) is 50.0 Å². The lowest BCUT2D eigenvalue weighted by atomic mass is 9.87. The Labute approximate surface area is 123 Å². The molecule has 0 aliphatic carbocycles. The summed E-state index contributed by atoms with van der Waals surface area (Å²) < 4.78 is 1.69. The van der Waals surface area contributed by atoms with E-state index in [1.54, 1.807) is 10.7 Å². The van der Waals surface area contributed by atoms with Crippen molar-refractivity contribution in [3.05, 3.63) is 33.9 Å². The van der Waals surface area contributed by atoms with E-state index in [1.807, 2.05) is 19.2 Å². The molecule has 3 nitrogen and oxygen atoms in total. The van der Waals surface area contributed by atoms with E-state index in [9.17, 15) is 0 Å². The number of nitrogens with two attached hydrogens (primary N) is 1. The molecule has 0 unspecified atom stereocenters. The first-order valence-electron chi connectivity index (χ1n) is 6.00.